The minimum absolute atomic E-state index is 0.428. The van der Waals surface area contributed by atoms with Crippen molar-refractivity contribution in [3.8, 4) is 0 Å². The van der Waals surface area contributed by atoms with E-state index in [0.717, 1.165) is 16.5 Å². The summed E-state index contributed by atoms with van der Waals surface area (Å²) >= 11 is 1.58. The molecule has 0 aliphatic carbocycles. The molecule has 1 aromatic heterocycles. The van der Waals surface area contributed by atoms with Gasteiger partial charge in [0, 0.05) is 11.1 Å². The summed E-state index contributed by atoms with van der Waals surface area (Å²) in [6, 6.07) is 6.97. The van der Waals surface area contributed by atoms with Crippen molar-refractivity contribution in [3.63, 3.8) is 0 Å². The van der Waals surface area contributed by atoms with Gasteiger partial charge in [-0.1, -0.05) is 13.8 Å². The van der Waals surface area contributed by atoms with Gasteiger partial charge in [0.05, 0.1) is 5.69 Å². The maximum absolute atomic E-state index is 10.3. The minimum atomic E-state index is 0.428. The van der Waals surface area contributed by atoms with E-state index >= 15 is 0 Å². The van der Waals surface area contributed by atoms with Gasteiger partial charge in [-0.05, 0) is 35.4 Å². The third kappa shape index (κ3) is 2.88. The summed E-state index contributed by atoms with van der Waals surface area (Å²) in [6.07, 6.45) is 0. The van der Waals surface area contributed by atoms with Crippen molar-refractivity contribution < 1.29 is 0 Å². The number of anilines is 2. The summed E-state index contributed by atoms with van der Waals surface area (Å²) in [5, 5.41) is 8.96. The minimum Gasteiger partial charge on any atom is -0.332 e. The van der Waals surface area contributed by atoms with Crippen molar-refractivity contribution >= 4 is 27.8 Å². The quantitative estimate of drug-likeness (QED) is 0.814. The van der Waals surface area contributed by atoms with Crippen LogP contribution in [0.25, 0.3) is 0 Å². The van der Waals surface area contributed by atoms with Crippen LogP contribution in [0.1, 0.15) is 25.5 Å². The average Bonchev–Trinajstić information content (AvgIpc) is 2.79. The lowest BCUT2D eigenvalue weighted by Crippen LogP contribution is -1.91. The van der Waals surface area contributed by atoms with Gasteiger partial charge in [0.2, 0.25) is 0 Å². The highest BCUT2D eigenvalue weighted by molar-refractivity contribution is 7.13. The van der Waals surface area contributed by atoms with Crippen LogP contribution in [0.15, 0.2) is 34.8 Å². The molecule has 1 aromatic carbocycles. The predicted octanol–water partition coefficient (Wildman–Crippen LogP) is 4.41. The highest BCUT2D eigenvalue weighted by Crippen LogP contribution is 2.25. The van der Waals surface area contributed by atoms with E-state index in [4.69, 9.17) is 0 Å². The summed E-state index contributed by atoms with van der Waals surface area (Å²) in [4.78, 5) is 14.7. The van der Waals surface area contributed by atoms with E-state index in [2.05, 4.69) is 29.3 Å². The molecule has 0 amide bonds. The zero-order chi connectivity index (χ0) is 12.3. The van der Waals surface area contributed by atoms with Crippen LogP contribution < -0.4 is 5.32 Å². The Hall–Kier alpha value is -1.75. The van der Waals surface area contributed by atoms with Gasteiger partial charge in [-0.15, -0.1) is 16.2 Å². The fourth-order valence-corrected chi connectivity index (χ4v) is 2.23. The van der Waals surface area contributed by atoms with Crippen LogP contribution in [-0.4, -0.2) is 4.98 Å². The van der Waals surface area contributed by atoms with Crippen molar-refractivity contribution in [2.45, 2.75) is 19.8 Å². The van der Waals surface area contributed by atoms with E-state index in [-0.39, 0.29) is 0 Å². The average molecular weight is 247 g/mol. The van der Waals surface area contributed by atoms with Crippen LogP contribution >= 0.6 is 11.3 Å². The van der Waals surface area contributed by atoms with E-state index in [1.165, 1.54) is 0 Å². The van der Waals surface area contributed by atoms with Crippen molar-refractivity contribution in [3.05, 3.63) is 40.2 Å². The van der Waals surface area contributed by atoms with E-state index in [1.807, 2.05) is 17.5 Å². The van der Waals surface area contributed by atoms with Crippen molar-refractivity contribution in [1.29, 1.82) is 0 Å². The Bertz CT molecular complexity index is 505. The highest BCUT2D eigenvalue weighted by atomic mass is 32.1. The molecule has 0 spiro atoms. The number of nitrogens with zero attached hydrogens (tertiary/aromatic N) is 2. The molecule has 0 aliphatic rings. The Morgan fingerprint density at radius 3 is 2.53 bits per heavy atom. The molecule has 0 fully saturated rings. The zero-order valence-corrected chi connectivity index (χ0v) is 10.5. The standard InChI is InChI=1S/C12H13N3OS/c1-8(2)11-7-17-12(14-11)13-9-3-5-10(15-16)6-4-9/h3-8H,1-2H3,(H,13,14). The van der Waals surface area contributed by atoms with Crippen LogP contribution in [0.2, 0.25) is 0 Å². The molecule has 0 atom stereocenters. The number of nitrogens with one attached hydrogen (secondary N) is 1. The van der Waals surface area contributed by atoms with Crippen LogP contribution in [0.4, 0.5) is 16.5 Å². The highest BCUT2D eigenvalue weighted by Gasteiger charge is 2.05. The second-order valence-electron chi connectivity index (χ2n) is 4.00. The molecular formula is C12H13N3OS. The number of hydrogen-bond acceptors (Lipinski definition) is 5. The lowest BCUT2D eigenvalue weighted by Gasteiger charge is -2.02. The molecule has 0 saturated heterocycles. The van der Waals surface area contributed by atoms with Crippen LogP contribution in [0.3, 0.4) is 0 Å². The van der Waals surface area contributed by atoms with Crippen LogP contribution in [-0.2, 0) is 0 Å². The monoisotopic (exact) mass is 247 g/mol. The normalized spacial score (nSPS) is 10.5. The molecule has 5 heteroatoms. The second kappa shape index (κ2) is 5.05. The van der Waals surface area contributed by atoms with Crippen LogP contribution in [0, 0.1) is 4.91 Å². The number of nitroso groups, excluding NO2 is 1. The van der Waals surface area contributed by atoms with Gasteiger partial charge in [-0.2, -0.15) is 0 Å². The summed E-state index contributed by atoms with van der Waals surface area (Å²) in [6.45, 7) is 4.23. The summed E-state index contributed by atoms with van der Waals surface area (Å²) in [7, 11) is 0. The summed E-state index contributed by atoms with van der Waals surface area (Å²) in [5.41, 5.74) is 2.42. The molecule has 0 aliphatic heterocycles. The first-order valence-corrected chi connectivity index (χ1v) is 6.23. The Morgan fingerprint density at radius 1 is 1.29 bits per heavy atom. The number of rotatable bonds is 4. The number of benzene rings is 1. The van der Waals surface area contributed by atoms with Crippen molar-refractivity contribution in [1.82, 2.24) is 4.98 Å². The van der Waals surface area contributed by atoms with Gasteiger partial charge in [0.25, 0.3) is 0 Å². The van der Waals surface area contributed by atoms with Gasteiger partial charge < -0.3 is 5.32 Å². The third-order valence-corrected chi connectivity index (χ3v) is 3.11. The number of hydrogen-bond donors (Lipinski definition) is 1. The summed E-state index contributed by atoms with van der Waals surface area (Å²) in [5.74, 6) is 0.434. The SMILES string of the molecule is CC(C)c1csc(Nc2ccc(N=O)cc2)n1. The van der Waals surface area contributed by atoms with E-state index in [9.17, 15) is 4.91 Å². The first-order valence-electron chi connectivity index (χ1n) is 5.35. The molecule has 2 aromatic rings. The Labute approximate surface area is 104 Å². The molecule has 0 unspecified atom stereocenters. The number of thiazole rings is 1. The van der Waals surface area contributed by atoms with E-state index in [1.54, 1.807) is 23.5 Å². The van der Waals surface area contributed by atoms with Gasteiger partial charge in [0.15, 0.2) is 5.13 Å². The summed E-state index contributed by atoms with van der Waals surface area (Å²) < 4.78 is 0. The molecule has 0 radical (unpaired) electrons. The van der Waals surface area contributed by atoms with Gasteiger partial charge >= 0.3 is 0 Å². The molecule has 0 saturated carbocycles. The zero-order valence-electron chi connectivity index (χ0n) is 9.68. The maximum Gasteiger partial charge on any atom is 0.187 e. The largest absolute Gasteiger partial charge is 0.332 e. The number of aromatic nitrogens is 1. The molecule has 88 valence electrons. The van der Waals surface area contributed by atoms with Gasteiger partial charge in [-0.25, -0.2) is 4.98 Å². The molecule has 1 N–H and O–H groups in total. The maximum atomic E-state index is 10.3. The molecular weight excluding hydrogens is 234 g/mol. The van der Waals surface area contributed by atoms with E-state index in [0.29, 0.717) is 11.6 Å². The van der Waals surface area contributed by atoms with Gasteiger partial charge in [-0.3, -0.25) is 0 Å². The Balaban J connectivity index is 2.10. The smallest absolute Gasteiger partial charge is 0.187 e. The molecule has 0 bridgehead atoms. The Morgan fingerprint density at radius 2 is 2.00 bits per heavy atom. The first kappa shape index (κ1) is 11.7. The molecule has 1 heterocycles. The topological polar surface area (TPSA) is 54.4 Å². The predicted molar refractivity (Wildman–Crippen MR) is 71.4 cm³/mol. The van der Waals surface area contributed by atoms with Crippen LogP contribution in [0.5, 0.6) is 0 Å². The molecule has 4 nitrogen and oxygen atoms in total. The third-order valence-electron chi connectivity index (χ3n) is 2.34. The second-order valence-corrected chi connectivity index (χ2v) is 4.85. The van der Waals surface area contributed by atoms with E-state index < -0.39 is 0 Å². The lowest BCUT2D eigenvalue weighted by atomic mass is 10.2. The molecule has 17 heavy (non-hydrogen) atoms. The first-order chi connectivity index (χ1) is 8.19. The fraction of sp³-hybridized carbons (Fsp3) is 0.250. The van der Waals surface area contributed by atoms with Crippen molar-refractivity contribution in [2.24, 2.45) is 5.18 Å². The molecule has 2 rings (SSSR count). The van der Waals surface area contributed by atoms with Gasteiger partial charge in [0.1, 0.15) is 5.69 Å². The lowest BCUT2D eigenvalue weighted by molar-refractivity contribution is 0.834. The van der Waals surface area contributed by atoms with Crippen molar-refractivity contribution in [2.75, 3.05) is 5.32 Å². The Kier molecular flexibility index (Phi) is 3.49. The fourth-order valence-electron chi connectivity index (χ4n) is 1.34.